The molecule has 0 aliphatic heterocycles. The molecule has 0 saturated carbocycles. The van der Waals surface area contributed by atoms with E-state index in [9.17, 15) is 13.2 Å². The van der Waals surface area contributed by atoms with E-state index in [4.69, 9.17) is 11.6 Å². The fourth-order valence-electron chi connectivity index (χ4n) is 2.15. The van der Waals surface area contributed by atoms with Crippen molar-refractivity contribution in [3.05, 3.63) is 82.9 Å². The number of pyridine rings is 1. The summed E-state index contributed by atoms with van der Waals surface area (Å²) >= 11 is 5.92. The fraction of sp³-hybridized carbons (Fsp3) is 0.158. The molecule has 136 valence electrons. The first-order valence-corrected chi connectivity index (χ1v) is 8.02. The zero-order valence-electron chi connectivity index (χ0n) is 14.2. The van der Waals surface area contributed by atoms with Gasteiger partial charge in [-0.1, -0.05) is 35.9 Å². The molecule has 1 N–H and O–H groups in total. The summed E-state index contributed by atoms with van der Waals surface area (Å²) < 4.78 is 40.6. The highest BCUT2D eigenvalue weighted by Gasteiger charge is 2.38. The number of allylic oxidation sites excluding steroid dienone is 1. The van der Waals surface area contributed by atoms with Gasteiger partial charge in [-0.05, 0) is 43.7 Å². The van der Waals surface area contributed by atoms with Crippen molar-refractivity contribution in [3.63, 3.8) is 0 Å². The zero-order chi connectivity index (χ0) is 19.3. The second-order valence-electron chi connectivity index (χ2n) is 5.57. The summed E-state index contributed by atoms with van der Waals surface area (Å²) in [4.78, 5) is 7.76. The molecule has 0 bridgehead atoms. The molecule has 3 nitrogen and oxygen atoms in total. The Morgan fingerprint density at radius 3 is 2.23 bits per heavy atom. The van der Waals surface area contributed by atoms with E-state index in [0.717, 1.165) is 5.56 Å². The monoisotopic (exact) mass is 379 g/mol. The van der Waals surface area contributed by atoms with E-state index in [1.54, 1.807) is 43.3 Å². The van der Waals surface area contributed by atoms with Crippen molar-refractivity contribution in [2.75, 3.05) is 5.32 Å². The number of hydrogen-bond donors (Lipinski definition) is 1. The number of hydrogen-bond acceptors (Lipinski definition) is 3. The van der Waals surface area contributed by atoms with Gasteiger partial charge >= 0.3 is 6.18 Å². The van der Waals surface area contributed by atoms with Crippen LogP contribution in [-0.4, -0.2) is 16.9 Å². The van der Waals surface area contributed by atoms with Gasteiger partial charge in [0, 0.05) is 29.5 Å². The Kier molecular flexibility index (Phi) is 6.21. The standard InChI is InChI=1S/C19H17ClF3N3/c1-12-4-6-16(7-5-12)25-14(3)17(19(21,22)23)18(20)26-13(2)15-8-10-24-11-9-15/h4-11,25H,3H2,1-2H3/b18-17+,26-13?. The van der Waals surface area contributed by atoms with E-state index < -0.39 is 16.9 Å². The molecule has 0 aliphatic carbocycles. The van der Waals surface area contributed by atoms with E-state index in [2.05, 4.69) is 21.9 Å². The third-order valence-corrected chi connectivity index (χ3v) is 3.78. The van der Waals surface area contributed by atoms with Crippen LogP contribution >= 0.6 is 11.6 Å². The maximum Gasteiger partial charge on any atom is 0.421 e. The van der Waals surface area contributed by atoms with Gasteiger partial charge in [0.2, 0.25) is 0 Å². The van der Waals surface area contributed by atoms with E-state index in [-0.39, 0.29) is 5.70 Å². The van der Waals surface area contributed by atoms with Crippen molar-refractivity contribution < 1.29 is 13.2 Å². The molecular formula is C19H17ClF3N3. The van der Waals surface area contributed by atoms with Crippen LogP contribution in [0.2, 0.25) is 0 Å². The summed E-state index contributed by atoms with van der Waals surface area (Å²) in [5, 5.41) is 1.95. The van der Waals surface area contributed by atoms with Crippen LogP contribution < -0.4 is 5.32 Å². The van der Waals surface area contributed by atoms with Crippen LogP contribution in [0.15, 0.2) is 76.8 Å². The predicted octanol–water partition coefficient (Wildman–Crippen LogP) is 5.84. The minimum Gasteiger partial charge on any atom is -0.355 e. The number of aromatic nitrogens is 1. The SMILES string of the molecule is C=C(Nc1ccc(C)cc1)/C(=C(/Cl)N=C(C)c1ccncc1)C(F)(F)F. The average molecular weight is 380 g/mol. The lowest BCUT2D eigenvalue weighted by Gasteiger charge is -2.17. The number of nitrogens with zero attached hydrogens (tertiary/aromatic N) is 2. The number of benzene rings is 1. The Bertz CT molecular complexity index is 839. The Morgan fingerprint density at radius 1 is 1.12 bits per heavy atom. The second kappa shape index (κ2) is 8.19. The third kappa shape index (κ3) is 5.20. The Hall–Kier alpha value is -2.60. The van der Waals surface area contributed by atoms with Crippen LogP contribution in [0.3, 0.4) is 0 Å². The number of alkyl halides is 3. The number of halogens is 4. The Labute approximate surface area is 154 Å². The lowest BCUT2D eigenvalue weighted by Crippen LogP contribution is -2.19. The van der Waals surface area contributed by atoms with Crippen LogP contribution in [-0.2, 0) is 0 Å². The van der Waals surface area contributed by atoms with E-state index >= 15 is 0 Å². The molecule has 0 unspecified atom stereocenters. The molecule has 1 heterocycles. The van der Waals surface area contributed by atoms with Gasteiger partial charge in [-0.25, -0.2) is 4.99 Å². The largest absolute Gasteiger partial charge is 0.421 e. The van der Waals surface area contributed by atoms with Gasteiger partial charge < -0.3 is 5.32 Å². The summed E-state index contributed by atoms with van der Waals surface area (Å²) in [6.45, 7) is 6.94. The average Bonchev–Trinajstić information content (AvgIpc) is 2.56. The van der Waals surface area contributed by atoms with Gasteiger partial charge in [0.15, 0.2) is 0 Å². The summed E-state index contributed by atoms with van der Waals surface area (Å²) in [6.07, 6.45) is -1.67. The summed E-state index contributed by atoms with van der Waals surface area (Å²) in [6, 6.07) is 10.1. The normalized spacial score (nSPS) is 13.2. The summed E-state index contributed by atoms with van der Waals surface area (Å²) in [5.74, 6) is 0. The molecular weight excluding hydrogens is 363 g/mol. The van der Waals surface area contributed by atoms with Crippen LogP contribution in [0.25, 0.3) is 0 Å². The van der Waals surface area contributed by atoms with Gasteiger partial charge in [0.1, 0.15) is 10.7 Å². The van der Waals surface area contributed by atoms with Crippen molar-refractivity contribution in [2.24, 2.45) is 4.99 Å². The number of anilines is 1. The van der Waals surface area contributed by atoms with E-state index in [1.807, 2.05) is 6.92 Å². The topological polar surface area (TPSA) is 37.3 Å². The first-order chi connectivity index (χ1) is 12.2. The van der Waals surface area contributed by atoms with Gasteiger partial charge in [-0.2, -0.15) is 13.2 Å². The summed E-state index contributed by atoms with van der Waals surface area (Å²) in [5.41, 5.74) is 0.926. The quantitative estimate of drug-likeness (QED) is 0.402. The van der Waals surface area contributed by atoms with Crippen LogP contribution in [0.5, 0.6) is 0 Å². The molecule has 2 rings (SSSR count). The third-order valence-electron chi connectivity index (χ3n) is 3.50. The maximum atomic E-state index is 13.5. The van der Waals surface area contributed by atoms with Crippen LogP contribution in [0, 0.1) is 6.92 Å². The van der Waals surface area contributed by atoms with Crippen LogP contribution in [0.1, 0.15) is 18.1 Å². The highest BCUT2D eigenvalue weighted by atomic mass is 35.5. The number of nitrogens with one attached hydrogen (secondary N) is 1. The maximum absolute atomic E-state index is 13.5. The Morgan fingerprint density at radius 2 is 1.69 bits per heavy atom. The van der Waals surface area contributed by atoms with Crippen molar-refractivity contribution in [1.82, 2.24) is 4.98 Å². The predicted molar refractivity (Wildman–Crippen MR) is 99.3 cm³/mol. The summed E-state index contributed by atoms with van der Waals surface area (Å²) in [7, 11) is 0. The highest BCUT2D eigenvalue weighted by Crippen LogP contribution is 2.35. The molecule has 26 heavy (non-hydrogen) atoms. The molecule has 0 saturated heterocycles. The van der Waals surface area contributed by atoms with Crippen molar-refractivity contribution >= 4 is 23.0 Å². The minimum absolute atomic E-state index is 0.335. The lowest BCUT2D eigenvalue weighted by molar-refractivity contribution is -0.0895. The second-order valence-corrected chi connectivity index (χ2v) is 5.92. The minimum atomic E-state index is -4.71. The molecule has 0 atom stereocenters. The highest BCUT2D eigenvalue weighted by molar-refractivity contribution is 6.31. The van der Waals surface area contributed by atoms with Crippen molar-refractivity contribution in [2.45, 2.75) is 20.0 Å². The number of rotatable bonds is 5. The molecule has 0 amide bonds. The zero-order valence-corrected chi connectivity index (χ0v) is 15.0. The van der Waals surface area contributed by atoms with Crippen molar-refractivity contribution in [3.8, 4) is 0 Å². The van der Waals surface area contributed by atoms with Gasteiger partial charge in [0.05, 0.1) is 0 Å². The molecule has 7 heteroatoms. The molecule has 0 spiro atoms. The van der Waals surface area contributed by atoms with Gasteiger partial charge in [-0.3, -0.25) is 4.98 Å². The molecule has 1 aromatic carbocycles. The smallest absolute Gasteiger partial charge is 0.355 e. The first-order valence-electron chi connectivity index (χ1n) is 7.64. The number of aryl methyl sites for hydroxylation is 1. The molecule has 2 aromatic rings. The van der Waals surface area contributed by atoms with E-state index in [1.165, 1.54) is 12.4 Å². The molecule has 1 aromatic heterocycles. The lowest BCUT2D eigenvalue weighted by atomic mass is 10.1. The van der Waals surface area contributed by atoms with Crippen LogP contribution in [0.4, 0.5) is 18.9 Å². The van der Waals surface area contributed by atoms with E-state index in [0.29, 0.717) is 17.0 Å². The Balaban J connectivity index is 2.37. The van der Waals surface area contributed by atoms with Gasteiger partial charge in [-0.15, -0.1) is 0 Å². The first kappa shape index (κ1) is 19.7. The number of aliphatic imine (C=N–C) groups is 1. The molecule has 0 aliphatic rings. The van der Waals surface area contributed by atoms with Crippen molar-refractivity contribution in [1.29, 1.82) is 0 Å². The molecule has 0 fully saturated rings. The van der Waals surface area contributed by atoms with Gasteiger partial charge in [0.25, 0.3) is 0 Å². The molecule has 0 radical (unpaired) electrons. The fourth-order valence-corrected chi connectivity index (χ4v) is 2.49.